The average molecular weight is 369 g/mol. The number of phenols is 1. The molecule has 0 unspecified atom stereocenters. The van der Waals surface area contributed by atoms with Crippen LogP contribution in [0.3, 0.4) is 0 Å². The van der Waals surface area contributed by atoms with E-state index in [9.17, 15) is 5.11 Å². The number of fused-ring (bicyclic) bond motifs is 1. The number of phenolic OH excluding ortho intramolecular Hbond substituents is 1. The van der Waals surface area contributed by atoms with E-state index in [1.54, 1.807) is 13.2 Å². The Balaban J connectivity index is 1.58. The zero-order chi connectivity index (χ0) is 19.1. The van der Waals surface area contributed by atoms with Crippen molar-refractivity contribution in [2.75, 3.05) is 26.8 Å². The first kappa shape index (κ1) is 18.9. The molecule has 1 aliphatic heterocycles. The fourth-order valence-electron chi connectivity index (χ4n) is 3.09. The zero-order valence-corrected chi connectivity index (χ0v) is 15.9. The van der Waals surface area contributed by atoms with Crippen LogP contribution in [0.5, 0.6) is 17.2 Å². The number of methoxy groups -OCH3 is 1. The van der Waals surface area contributed by atoms with Crippen LogP contribution in [0, 0.1) is 0 Å². The highest BCUT2D eigenvalue weighted by Crippen LogP contribution is 2.29. The molecule has 0 saturated carbocycles. The molecule has 3 N–H and O–H groups in total. The molecule has 6 nitrogen and oxygen atoms in total. The molecule has 6 heteroatoms. The number of ether oxygens (including phenoxy) is 2. The third kappa shape index (κ3) is 4.84. The summed E-state index contributed by atoms with van der Waals surface area (Å²) in [7, 11) is 1.54. The highest BCUT2D eigenvalue weighted by atomic mass is 16.5. The summed E-state index contributed by atoms with van der Waals surface area (Å²) in [4.78, 5) is 4.57. The molecule has 27 heavy (non-hydrogen) atoms. The summed E-state index contributed by atoms with van der Waals surface area (Å²) >= 11 is 0. The minimum atomic E-state index is 0.139. The fraction of sp³-hybridized carbons (Fsp3) is 0.381. The Hall–Kier alpha value is -2.89. The van der Waals surface area contributed by atoms with E-state index in [2.05, 4.69) is 33.8 Å². The molecule has 3 rings (SSSR count). The predicted molar refractivity (Wildman–Crippen MR) is 107 cm³/mol. The van der Waals surface area contributed by atoms with Gasteiger partial charge in [0.25, 0.3) is 0 Å². The van der Waals surface area contributed by atoms with Gasteiger partial charge in [0.2, 0.25) is 0 Å². The molecule has 144 valence electrons. The van der Waals surface area contributed by atoms with Crippen molar-refractivity contribution in [2.45, 2.75) is 26.3 Å². The van der Waals surface area contributed by atoms with Gasteiger partial charge in [0, 0.05) is 25.1 Å². The van der Waals surface area contributed by atoms with Crippen molar-refractivity contribution < 1.29 is 14.6 Å². The number of aliphatic imine (C=N–C) groups is 1. The Morgan fingerprint density at radius 3 is 2.96 bits per heavy atom. The van der Waals surface area contributed by atoms with Crippen LogP contribution in [-0.2, 0) is 19.4 Å². The first-order valence-electron chi connectivity index (χ1n) is 9.33. The van der Waals surface area contributed by atoms with Crippen LogP contribution in [0.25, 0.3) is 0 Å². The fourth-order valence-corrected chi connectivity index (χ4v) is 3.09. The van der Waals surface area contributed by atoms with E-state index in [0.717, 1.165) is 49.8 Å². The molecular formula is C21H27N3O3. The third-order valence-electron chi connectivity index (χ3n) is 4.51. The lowest BCUT2D eigenvalue weighted by atomic mass is 10.1. The Kier molecular flexibility index (Phi) is 6.41. The molecule has 2 aromatic carbocycles. The standard InChI is InChI=1S/C21H27N3O3/c1-3-22-21(24-14-17-5-4-6-19(26-2)20(17)25)23-11-9-15-7-8-18-16(13-15)10-12-27-18/h4-8,13,25H,3,9-12,14H2,1-2H3,(H2,22,23,24). The molecule has 0 atom stereocenters. The van der Waals surface area contributed by atoms with Crippen molar-refractivity contribution in [2.24, 2.45) is 4.99 Å². The third-order valence-corrected chi connectivity index (χ3v) is 4.51. The Bertz CT molecular complexity index is 805. The van der Waals surface area contributed by atoms with E-state index in [1.807, 2.05) is 19.1 Å². The maximum Gasteiger partial charge on any atom is 0.191 e. The summed E-state index contributed by atoms with van der Waals surface area (Å²) < 4.78 is 10.7. The van der Waals surface area contributed by atoms with Gasteiger partial charge >= 0.3 is 0 Å². The summed E-state index contributed by atoms with van der Waals surface area (Å²) in [6.07, 6.45) is 1.90. The number of benzene rings is 2. The van der Waals surface area contributed by atoms with Crippen LogP contribution in [0.2, 0.25) is 0 Å². The Morgan fingerprint density at radius 1 is 1.26 bits per heavy atom. The normalized spacial score (nSPS) is 13.0. The van der Waals surface area contributed by atoms with Crippen LogP contribution in [0.4, 0.5) is 0 Å². The topological polar surface area (TPSA) is 75.1 Å². The Labute approximate surface area is 160 Å². The maximum atomic E-state index is 10.2. The molecule has 1 heterocycles. The van der Waals surface area contributed by atoms with E-state index >= 15 is 0 Å². The van der Waals surface area contributed by atoms with Gasteiger partial charge in [0.15, 0.2) is 17.5 Å². The van der Waals surface area contributed by atoms with Gasteiger partial charge in [-0.1, -0.05) is 24.3 Å². The van der Waals surface area contributed by atoms with Gasteiger partial charge in [-0.2, -0.15) is 0 Å². The summed E-state index contributed by atoms with van der Waals surface area (Å²) in [5.41, 5.74) is 3.31. The van der Waals surface area contributed by atoms with Crippen molar-refractivity contribution in [3.8, 4) is 17.2 Å². The maximum absolute atomic E-state index is 10.2. The highest BCUT2D eigenvalue weighted by Gasteiger charge is 2.12. The van der Waals surface area contributed by atoms with Gasteiger partial charge in [-0.15, -0.1) is 0 Å². The molecule has 0 aromatic heterocycles. The second-order valence-corrected chi connectivity index (χ2v) is 6.38. The van der Waals surface area contributed by atoms with Crippen LogP contribution in [0.15, 0.2) is 41.4 Å². The van der Waals surface area contributed by atoms with E-state index in [1.165, 1.54) is 11.1 Å². The van der Waals surface area contributed by atoms with Crippen molar-refractivity contribution in [1.82, 2.24) is 10.6 Å². The number of hydrogen-bond donors (Lipinski definition) is 3. The molecule has 0 aliphatic carbocycles. The van der Waals surface area contributed by atoms with Gasteiger partial charge in [-0.25, -0.2) is 4.99 Å². The second-order valence-electron chi connectivity index (χ2n) is 6.38. The number of rotatable bonds is 7. The number of nitrogens with one attached hydrogen (secondary N) is 2. The van der Waals surface area contributed by atoms with Crippen molar-refractivity contribution in [3.63, 3.8) is 0 Å². The molecule has 2 aromatic rings. The summed E-state index contributed by atoms with van der Waals surface area (Å²) in [6, 6.07) is 11.8. The first-order chi connectivity index (χ1) is 13.2. The van der Waals surface area contributed by atoms with Crippen LogP contribution in [0.1, 0.15) is 23.6 Å². The van der Waals surface area contributed by atoms with Crippen LogP contribution >= 0.6 is 0 Å². The molecule has 0 amide bonds. The minimum Gasteiger partial charge on any atom is -0.504 e. The number of hydrogen-bond acceptors (Lipinski definition) is 4. The number of guanidine groups is 1. The Morgan fingerprint density at radius 2 is 2.15 bits per heavy atom. The van der Waals surface area contributed by atoms with Crippen molar-refractivity contribution in [1.29, 1.82) is 0 Å². The van der Waals surface area contributed by atoms with E-state index in [-0.39, 0.29) is 5.75 Å². The lowest BCUT2D eigenvalue weighted by molar-refractivity contribution is 0.357. The summed E-state index contributed by atoms with van der Waals surface area (Å²) in [6.45, 7) is 4.72. The van der Waals surface area contributed by atoms with Gasteiger partial charge in [0.1, 0.15) is 5.75 Å². The van der Waals surface area contributed by atoms with Gasteiger partial charge < -0.3 is 25.2 Å². The van der Waals surface area contributed by atoms with E-state index in [0.29, 0.717) is 12.3 Å². The SMILES string of the molecule is CCNC(=NCc1cccc(OC)c1O)NCCc1ccc2c(c1)CCO2. The average Bonchev–Trinajstić information content (AvgIpc) is 3.15. The van der Waals surface area contributed by atoms with Gasteiger partial charge in [-0.3, -0.25) is 0 Å². The smallest absolute Gasteiger partial charge is 0.191 e. The molecule has 0 bridgehead atoms. The first-order valence-corrected chi connectivity index (χ1v) is 9.33. The number of aromatic hydroxyl groups is 1. The van der Waals surface area contributed by atoms with Crippen LogP contribution < -0.4 is 20.1 Å². The molecule has 0 saturated heterocycles. The summed E-state index contributed by atoms with van der Waals surface area (Å²) in [5.74, 6) is 2.34. The molecule has 1 aliphatic rings. The van der Waals surface area contributed by atoms with Gasteiger partial charge in [0.05, 0.1) is 20.3 Å². The molecule has 0 radical (unpaired) electrons. The lowest BCUT2D eigenvalue weighted by Gasteiger charge is -2.12. The van der Waals surface area contributed by atoms with E-state index in [4.69, 9.17) is 9.47 Å². The second kappa shape index (κ2) is 9.16. The van der Waals surface area contributed by atoms with Crippen LogP contribution in [-0.4, -0.2) is 37.9 Å². The molecule has 0 fully saturated rings. The predicted octanol–water partition coefficient (Wildman–Crippen LogP) is 2.63. The number of nitrogens with zero attached hydrogens (tertiary/aromatic N) is 1. The number of para-hydroxylation sites is 1. The van der Waals surface area contributed by atoms with Crippen molar-refractivity contribution >= 4 is 5.96 Å². The van der Waals surface area contributed by atoms with E-state index < -0.39 is 0 Å². The van der Waals surface area contributed by atoms with Crippen molar-refractivity contribution in [3.05, 3.63) is 53.1 Å². The molecule has 0 spiro atoms. The highest BCUT2D eigenvalue weighted by molar-refractivity contribution is 5.79. The van der Waals surface area contributed by atoms with Gasteiger partial charge in [-0.05, 0) is 36.6 Å². The quantitative estimate of drug-likeness (QED) is 0.517. The zero-order valence-electron chi connectivity index (χ0n) is 15.9. The molecular weight excluding hydrogens is 342 g/mol. The summed E-state index contributed by atoms with van der Waals surface area (Å²) in [5, 5.41) is 16.8. The minimum absolute atomic E-state index is 0.139. The monoisotopic (exact) mass is 369 g/mol. The lowest BCUT2D eigenvalue weighted by Crippen LogP contribution is -2.38. The largest absolute Gasteiger partial charge is 0.504 e.